The normalized spacial score (nSPS) is 17.6. The van der Waals surface area contributed by atoms with Gasteiger partial charge in [0, 0.05) is 45.8 Å². The maximum atomic E-state index is 13.0. The van der Waals surface area contributed by atoms with Gasteiger partial charge in [-0.05, 0) is 17.7 Å². The molecule has 0 saturated carbocycles. The third-order valence-corrected chi connectivity index (χ3v) is 5.65. The Bertz CT molecular complexity index is 932. The Hall–Kier alpha value is -2.73. The van der Waals surface area contributed by atoms with E-state index < -0.39 is 0 Å². The van der Waals surface area contributed by atoms with E-state index in [-0.39, 0.29) is 16.6 Å². The first kappa shape index (κ1) is 20.5. The van der Waals surface area contributed by atoms with Gasteiger partial charge in [0.1, 0.15) is 0 Å². The van der Waals surface area contributed by atoms with Crippen molar-refractivity contribution in [2.75, 3.05) is 57.4 Å². The van der Waals surface area contributed by atoms with E-state index >= 15 is 0 Å². The minimum absolute atomic E-state index is 0.157. The second kappa shape index (κ2) is 9.39. The Morgan fingerprint density at radius 3 is 2.47 bits per heavy atom. The minimum atomic E-state index is -0.157. The Kier molecular flexibility index (Phi) is 6.43. The summed E-state index contributed by atoms with van der Waals surface area (Å²) in [5.74, 6) is 0.362. The fourth-order valence-corrected chi connectivity index (χ4v) is 3.80. The molecule has 0 N–H and O–H groups in total. The first-order chi connectivity index (χ1) is 14.6. The second-order valence-electron chi connectivity index (χ2n) is 7.34. The average Bonchev–Trinajstić information content (AvgIpc) is 2.80. The number of rotatable bonds is 4. The number of carbonyl (C=O) groups is 1. The van der Waals surface area contributed by atoms with Crippen molar-refractivity contribution in [1.29, 1.82) is 5.26 Å². The van der Waals surface area contributed by atoms with Crippen LogP contribution in [0.3, 0.4) is 0 Å². The van der Waals surface area contributed by atoms with Crippen LogP contribution < -0.4 is 4.90 Å². The third-order valence-electron chi connectivity index (χ3n) is 5.38. The standard InChI is InChI=1S/C21H23ClN6O2/c22-18-14-24-21(28-9-11-30-12-10-28)25-19(18)20(29)27-7-5-26(6-8-27)15-17-3-1-16(13-23)2-4-17/h1-4,14H,5-12,15H2. The van der Waals surface area contributed by atoms with E-state index in [4.69, 9.17) is 21.6 Å². The number of hydrogen-bond donors (Lipinski definition) is 0. The number of anilines is 1. The van der Waals surface area contributed by atoms with Crippen LogP contribution in [0.5, 0.6) is 0 Å². The lowest BCUT2D eigenvalue weighted by Crippen LogP contribution is -2.48. The zero-order chi connectivity index (χ0) is 20.9. The number of benzene rings is 1. The first-order valence-corrected chi connectivity index (χ1v) is 10.4. The smallest absolute Gasteiger partial charge is 0.274 e. The van der Waals surface area contributed by atoms with Crippen molar-refractivity contribution >= 4 is 23.5 Å². The molecule has 9 heteroatoms. The van der Waals surface area contributed by atoms with Crippen LogP contribution in [-0.2, 0) is 11.3 Å². The van der Waals surface area contributed by atoms with Gasteiger partial charge in [0.05, 0.1) is 36.1 Å². The van der Waals surface area contributed by atoms with E-state index in [1.807, 2.05) is 29.2 Å². The molecule has 1 amide bonds. The van der Waals surface area contributed by atoms with Crippen LogP contribution >= 0.6 is 11.6 Å². The third kappa shape index (κ3) is 4.70. The van der Waals surface area contributed by atoms with E-state index in [1.165, 1.54) is 6.20 Å². The van der Waals surface area contributed by atoms with Crippen LogP contribution in [-0.4, -0.2) is 78.2 Å². The summed E-state index contributed by atoms with van der Waals surface area (Å²) in [6.45, 7) is 6.20. The summed E-state index contributed by atoms with van der Waals surface area (Å²) in [5, 5.41) is 9.19. The van der Waals surface area contributed by atoms with Crippen molar-refractivity contribution in [2.24, 2.45) is 0 Å². The van der Waals surface area contributed by atoms with Gasteiger partial charge in [0.15, 0.2) is 5.69 Å². The van der Waals surface area contributed by atoms with Crippen molar-refractivity contribution in [2.45, 2.75) is 6.54 Å². The quantitative estimate of drug-likeness (QED) is 0.736. The number of hydrogen-bond acceptors (Lipinski definition) is 7. The highest BCUT2D eigenvalue weighted by Gasteiger charge is 2.26. The summed E-state index contributed by atoms with van der Waals surface area (Å²) in [6, 6.07) is 9.75. The maximum Gasteiger partial charge on any atom is 0.274 e. The number of nitriles is 1. The fourth-order valence-electron chi connectivity index (χ4n) is 3.63. The number of aromatic nitrogens is 2. The molecule has 0 aliphatic carbocycles. The average molecular weight is 427 g/mol. The Morgan fingerprint density at radius 2 is 1.80 bits per heavy atom. The number of piperazine rings is 1. The first-order valence-electron chi connectivity index (χ1n) is 10.00. The molecule has 156 valence electrons. The summed E-state index contributed by atoms with van der Waals surface area (Å²) in [6.07, 6.45) is 1.51. The van der Waals surface area contributed by atoms with Gasteiger partial charge in [0.2, 0.25) is 5.95 Å². The van der Waals surface area contributed by atoms with E-state index in [1.54, 1.807) is 4.90 Å². The van der Waals surface area contributed by atoms with Gasteiger partial charge in [0.25, 0.3) is 5.91 Å². The van der Waals surface area contributed by atoms with Crippen LogP contribution in [0.2, 0.25) is 5.02 Å². The largest absolute Gasteiger partial charge is 0.378 e. The summed E-state index contributed by atoms with van der Waals surface area (Å²) < 4.78 is 5.36. The molecule has 0 spiro atoms. The van der Waals surface area contributed by atoms with Crippen LogP contribution in [0.1, 0.15) is 21.6 Å². The van der Waals surface area contributed by atoms with Gasteiger partial charge >= 0.3 is 0 Å². The van der Waals surface area contributed by atoms with Gasteiger partial charge in [-0.3, -0.25) is 9.69 Å². The number of nitrogens with zero attached hydrogens (tertiary/aromatic N) is 6. The van der Waals surface area contributed by atoms with E-state index in [2.05, 4.69) is 20.9 Å². The summed E-state index contributed by atoms with van der Waals surface area (Å²) in [4.78, 5) is 27.9. The van der Waals surface area contributed by atoms with Crippen molar-refractivity contribution < 1.29 is 9.53 Å². The van der Waals surface area contributed by atoms with Gasteiger partial charge in [-0.2, -0.15) is 5.26 Å². The highest BCUT2D eigenvalue weighted by atomic mass is 35.5. The molecule has 2 aromatic rings. The predicted molar refractivity (Wildman–Crippen MR) is 112 cm³/mol. The Labute approximate surface area is 180 Å². The zero-order valence-electron chi connectivity index (χ0n) is 16.6. The zero-order valence-corrected chi connectivity index (χ0v) is 17.4. The molecule has 2 fully saturated rings. The van der Waals surface area contributed by atoms with Crippen molar-refractivity contribution in [3.63, 3.8) is 0 Å². The summed E-state index contributed by atoms with van der Waals surface area (Å²) in [5.41, 5.74) is 2.07. The molecule has 2 aliphatic rings. The van der Waals surface area contributed by atoms with Gasteiger partial charge in [-0.25, -0.2) is 9.97 Å². The SMILES string of the molecule is N#Cc1ccc(CN2CCN(C(=O)c3nc(N4CCOCC4)ncc3Cl)CC2)cc1. The molecule has 1 aromatic heterocycles. The molecule has 2 aliphatic heterocycles. The minimum Gasteiger partial charge on any atom is -0.378 e. The maximum absolute atomic E-state index is 13.0. The molecule has 2 saturated heterocycles. The lowest BCUT2D eigenvalue weighted by Gasteiger charge is -2.35. The summed E-state index contributed by atoms with van der Waals surface area (Å²) in [7, 11) is 0. The van der Waals surface area contributed by atoms with E-state index in [0.717, 1.165) is 25.2 Å². The van der Waals surface area contributed by atoms with Crippen LogP contribution in [0.25, 0.3) is 0 Å². The van der Waals surface area contributed by atoms with Gasteiger partial charge in [-0.1, -0.05) is 23.7 Å². The Balaban J connectivity index is 1.37. The van der Waals surface area contributed by atoms with E-state index in [0.29, 0.717) is 50.9 Å². The molecule has 0 unspecified atom stereocenters. The number of amides is 1. The highest BCUT2D eigenvalue weighted by Crippen LogP contribution is 2.20. The number of carbonyl (C=O) groups excluding carboxylic acids is 1. The number of morpholine rings is 1. The lowest BCUT2D eigenvalue weighted by atomic mass is 10.1. The molecule has 0 bridgehead atoms. The molecule has 30 heavy (non-hydrogen) atoms. The van der Waals surface area contributed by atoms with Crippen LogP contribution in [0.15, 0.2) is 30.5 Å². The monoisotopic (exact) mass is 426 g/mol. The van der Waals surface area contributed by atoms with Crippen molar-refractivity contribution in [3.05, 3.63) is 52.3 Å². The van der Waals surface area contributed by atoms with Crippen LogP contribution in [0, 0.1) is 11.3 Å². The molecule has 0 atom stereocenters. The predicted octanol–water partition coefficient (Wildman–Crippen LogP) is 1.80. The number of halogens is 1. The van der Waals surface area contributed by atoms with Gasteiger partial charge in [-0.15, -0.1) is 0 Å². The fraction of sp³-hybridized carbons (Fsp3) is 0.429. The highest BCUT2D eigenvalue weighted by molar-refractivity contribution is 6.33. The molecule has 1 aromatic carbocycles. The lowest BCUT2D eigenvalue weighted by molar-refractivity contribution is 0.0622. The van der Waals surface area contributed by atoms with Gasteiger partial charge < -0.3 is 14.5 Å². The molecule has 3 heterocycles. The van der Waals surface area contributed by atoms with Crippen molar-refractivity contribution in [3.8, 4) is 6.07 Å². The molecule has 4 rings (SSSR count). The molecular weight excluding hydrogens is 404 g/mol. The number of ether oxygens (including phenoxy) is 1. The topological polar surface area (TPSA) is 85.6 Å². The van der Waals surface area contributed by atoms with E-state index in [9.17, 15) is 4.79 Å². The molecular formula is C21H23ClN6O2. The molecule has 8 nitrogen and oxygen atoms in total. The molecule has 0 radical (unpaired) electrons. The second-order valence-corrected chi connectivity index (χ2v) is 7.75. The summed E-state index contributed by atoms with van der Waals surface area (Å²) >= 11 is 6.26. The van der Waals surface area contributed by atoms with Crippen molar-refractivity contribution in [1.82, 2.24) is 19.8 Å². The van der Waals surface area contributed by atoms with Crippen LogP contribution in [0.4, 0.5) is 5.95 Å². The Morgan fingerprint density at radius 1 is 1.10 bits per heavy atom.